The Labute approximate surface area is 165 Å². The van der Waals surface area contributed by atoms with E-state index >= 15 is 0 Å². The number of rotatable bonds is 5. The van der Waals surface area contributed by atoms with E-state index in [1.54, 1.807) is 23.1 Å². The summed E-state index contributed by atoms with van der Waals surface area (Å²) in [5.41, 5.74) is 0.491. The van der Waals surface area contributed by atoms with Crippen LogP contribution in [0.15, 0.2) is 33.6 Å². The standard InChI is InChI=1S/C19H25N3O5S/c1-12(2)11-20-18(23)13(3)27-19(24)15-8-6-10-22(15)17-14-7-4-5-9-16(14)28(25,26)21-17/h4-5,7,9,12-13,15H,6,8,10-11H2,1-3H3,(H,20,23)/t13-,15+/m1/s1. The zero-order chi connectivity index (χ0) is 20.5. The number of likely N-dealkylation sites (tertiary alicyclic amines) is 1. The van der Waals surface area contributed by atoms with Gasteiger partial charge in [-0.3, -0.25) is 4.79 Å². The molecule has 28 heavy (non-hydrogen) atoms. The quantitative estimate of drug-likeness (QED) is 0.738. The summed E-state index contributed by atoms with van der Waals surface area (Å²) in [7, 11) is -3.76. The van der Waals surface area contributed by atoms with Crippen LogP contribution in [-0.2, 0) is 24.3 Å². The third kappa shape index (κ3) is 4.04. The molecule has 0 unspecified atom stereocenters. The summed E-state index contributed by atoms with van der Waals surface area (Å²) in [5, 5.41) is 2.74. The molecule has 1 N–H and O–H groups in total. The molecule has 3 rings (SSSR count). The number of amidine groups is 1. The summed E-state index contributed by atoms with van der Waals surface area (Å²) >= 11 is 0. The fourth-order valence-electron chi connectivity index (χ4n) is 3.32. The highest BCUT2D eigenvalue weighted by Crippen LogP contribution is 2.31. The van der Waals surface area contributed by atoms with Gasteiger partial charge < -0.3 is 15.0 Å². The molecule has 2 aliphatic heterocycles. The first kappa shape index (κ1) is 20.3. The molecule has 0 aliphatic carbocycles. The molecule has 2 aliphatic rings. The molecule has 1 fully saturated rings. The normalized spacial score (nSPS) is 21.2. The van der Waals surface area contributed by atoms with E-state index in [1.807, 2.05) is 13.8 Å². The molecule has 0 radical (unpaired) electrons. The van der Waals surface area contributed by atoms with Crippen molar-refractivity contribution in [1.29, 1.82) is 0 Å². The van der Waals surface area contributed by atoms with Crippen molar-refractivity contribution in [3.63, 3.8) is 0 Å². The van der Waals surface area contributed by atoms with Crippen molar-refractivity contribution in [2.45, 2.75) is 50.7 Å². The number of fused-ring (bicyclic) bond motifs is 1. The molecule has 2 heterocycles. The van der Waals surface area contributed by atoms with Crippen molar-refractivity contribution < 1.29 is 22.7 Å². The molecule has 1 saturated heterocycles. The molecule has 0 spiro atoms. The van der Waals surface area contributed by atoms with Crippen LogP contribution < -0.4 is 5.32 Å². The molecule has 2 atom stereocenters. The summed E-state index contributed by atoms with van der Waals surface area (Å²) < 4.78 is 33.9. The Morgan fingerprint density at radius 2 is 2.00 bits per heavy atom. The van der Waals surface area contributed by atoms with Crippen LogP contribution in [0.2, 0.25) is 0 Å². The van der Waals surface area contributed by atoms with E-state index in [9.17, 15) is 18.0 Å². The smallest absolute Gasteiger partial charge is 0.329 e. The van der Waals surface area contributed by atoms with Gasteiger partial charge in [0.15, 0.2) is 11.9 Å². The zero-order valence-corrected chi connectivity index (χ0v) is 17.0. The van der Waals surface area contributed by atoms with E-state index < -0.39 is 28.1 Å². The Balaban J connectivity index is 1.73. The minimum absolute atomic E-state index is 0.144. The third-order valence-electron chi connectivity index (χ3n) is 4.76. The first-order valence-corrected chi connectivity index (χ1v) is 10.8. The lowest BCUT2D eigenvalue weighted by Crippen LogP contribution is -2.44. The van der Waals surface area contributed by atoms with Crippen LogP contribution in [-0.4, -0.2) is 56.3 Å². The highest BCUT2D eigenvalue weighted by atomic mass is 32.2. The minimum atomic E-state index is -3.76. The fraction of sp³-hybridized carbons (Fsp3) is 0.526. The predicted octanol–water partition coefficient (Wildman–Crippen LogP) is 1.30. The Bertz CT molecular complexity index is 910. The van der Waals surface area contributed by atoms with Crippen LogP contribution in [0, 0.1) is 5.92 Å². The number of carbonyl (C=O) groups excluding carboxylic acids is 2. The average molecular weight is 407 g/mol. The zero-order valence-electron chi connectivity index (χ0n) is 16.2. The molecule has 0 bridgehead atoms. The lowest BCUT2D eigenvalue weighted by atomic mass is 10.1. The predicted molar refractivity (Wildman–Crippen MR) is 103 cm³/mol. The van der Waals surface area contributed by atoms with Gasteiger partial charge >= 0.3 is 5.97 Å². The second-order valence-electron chi connectivity index (χ2n) is 7.46. The van der Waals surface area contributed by atoms with Crippen LogP contribution in [0.1, 0.15) is 39.2 Å². The van der Waals surface area contributed by atoms with Crippen LogP contribution in [0.5, 0.6) is 0 Å². The summed E-state index contributed by atoms with van der Waals surface area (Å²) in [6.45, 7) is 6.47. The average Bonchev–Trinajstić information content (AvgIpc) is 3.22. The van der Waals surface area contributed by atoms with Gasteiger partial charge in [-0.1, -0.05) is 26.0 Å². The van der Waals surface area contributed by atoms with Crippen LogP contribution >= 0.6 is 0 Å². The molecular weight excluding hydrogens is 382 g/mol. The maximum Gasteiger partial charge on any atom is 0.329 e. The Morgan fingerprint density at radius 1 is 1.29 bits per heavy atom. The summed E-state index contributed by atoms with van der Waals surface area (Å²) in [6, 6.07) is 5.90. The molecule has 0 aromatic heterocycles. The first-order chi connectivity index (χ1) is 13.2. The highest BCUT2D eigenvalue weighted by Gasteiger charge is 2.40. The molecular formula is C19H25N3O5S. The van der Waals surface area contributed by atoms with Crippen molar-refractivity contribution in [3.8, 4) is 0 Å². The van der Waals surface area contributed by atoms with Gasteiger partial charge in [-0.25, -0.2) is 4.79 Å². The van der Waals surface area contributed by atoms with E-state index in [4.69, 9.17) is 4.74 Å². The van der Waals surface area contributed by atoms with Crippen molar-refractivity contribution in [2.24, 2.45) is 10.3 Å². The summed E-state index contributed by atoms with van der Waals surface area (Å²) in [6.07, 6.45) is 0.297. The van der Waals surface area contributed by atoms with Crippen molar-refractivity contribution in [1.82, 2.24) is 10.2 Å². The van der Waals surface area contributed by atoms with Gasteiger partial charge in [0.05, 0.1) is 0 Å². The van der Waals surface area contributed by atoms with E-state index in [0.717, 1.165) is 0 Å². The lowest BCUT2D eigenvalue weighted by Gasteiger charge is -2.26. The number of hydrogen-bond donors (Lipinski definition) is 1. The Hall–Kier alpha value is -2.42. The molecule has 0 saturated carbocycles. The van der Waals surface area contributed by atoms with Crippen molar-refractivity contribution in [2.75, 3.05) is 13.1 Å². The topological polar surface area (TPSA) is 105 Å². The number of sulfonamides is 1. The maximum absolute atomic E-state index is 12.7. The van der Waals surface area contributed by atoms with Gasteiger partial charge in [-0.2, -0.15) is 8.42 Å². The maximum atomic E-state index is 12.7. The van der Waals surface area contributed by atoms with E-state index in [-0.39, 0.29) is 16.6 Å². The largest absolute Gasteiger partial charge is 0.451 e. The van der Waals surface area contributed by atoms with E-state index in [2.05, 4.69) is 9.71 Å². The number of nitrogens with one attached hydrogen (secondary N) is 1. The van der Waals surface area contributed by atoms with Gasteiger partial charge in [-0.15, -0.1) is 4.40 Å². The number of nitrogens with zero attached hydrogens (tertiary/aromatic N) is 2. The molecule has 1 aromatic carbocycles. The molecule has 8 nitrogen and oxygen atoms in total. The fourth-order valence-corrected chi connectivity index (χ4v) is 4.53. The molecule has 1 amide bonds. The number of carbonyl (C=O) groups is 2. The number of amides is 1. The van der Waals surface area contributed by atoms with E-state index in [1.165, 1.54) is 13.0 Å². The lowest BCUT2D eigenvalue weighted by molar-refractivity contribution is -0.158. The Kier molecular flexibility index (Phi) is 5.74. The van der Waals surface area contributed by atoms with Crippen molar-refractivity contribution >= 4 is 27.7 Å². The number of ether oxygens (including phenoxy) is 1. The SMILES string of the molecule is CC(C)CNC(=O)[C@@H](C)OC(=O)[C@@H]1CCCN1C1=NS(=O)(=O)c2ccccc21. The second-order valence-corrected chi connectivity index (χ2v) is 9.03. The summed E-state index contributed by atoms with van der Waals surface area (Å²) in [4.78, 5) is 26.6. The molecule has 152 valence electrons. The Morgan fingerprint density at radius 3 is 2.71 bits per heavy atom. The monoisotopic (exact) mass is 407 g/mol. The van der Waals surface area contributed by atoms with Gasteiger partial charge in [0.1, 0.15) is 10.9 Å². The first-order valence-electron chi connectivity index (χ1n) is 9.40. The minimum Gasteiger partial charge on any atom is -0.451 e. The second kappa shape index (κ2) is 7.90. The van der Waals surface area contributed by atoms with Crippen LogP contribution in [0.3, 0.4) is 0 Å². The third-order valence-corrected chi connectivity index (χ3v) is 6.08. The van der Waals surface area contributed by atoms with Crippen LogP contribution in [0.4, 0.5) is 0 Å². The van der Waals surface area contributed by atoms with Crippen LogP contribution in [0.25, 0.3) is 0 Å². The summed E-state index contributed by atoms with van der Waals surface area (Å²) in [5.74, 6) is -0.335. The number of esters is 1. The van der Waals surface area contributed by atoms with Crippen molar-refractivity contribution in [3.05, 3.63) is 29.8 Å². The highest BCUT2D eigenvalue weighted by molar-refractivity contribution is 7.90. The number of benzene rings is 1. The van der Waals surface area contributed by atoms with Gasteiger partial charge in [0.25, 0.3) is 15.9 Å². The van der Waals surface area contributed by atoms with Gasteiger partial charge in [0, 0.05) is 18.7 Å². The molecule has 1 aromatic rings. The van der Waals surface area contributed by atoms with E-state index in [0.29, 0.717) is 37.4 Å². The van der Waals surface area contributed by atoms with Gasteiger partial charge in [0.2, 0.25) is 0 Å². The molecule has 9 heteroatoms. The van der Waals surface area contributed by atoms with Gasteiger partial charge in [-0.05, 0) is 37.8 Å². The number of hydrogen-bond acceptors (Lipinski definition) is 6.